The lowest BCUT2D eigenvalue weighted by Gasteiger charge is -2.09. The van der Waals surface area contributed by atoms with Crippen LogP contribution in [0.25, 0.3) is 10.2 Å². The first-order valence-electron chi connectivity index (χ1n) is 7.61. The summed E-state index contributed by atoms with van der Waals surface area (Å²) in [6, 6.07) is 5.77. The minimum absolute atomic E-state index is 0.620. The van der Waals surface area contributed by atoms with Crippen LogP contribution in [-0.2, 0) is 19.5 Å². The Kier molecular flexibility index (Phi) is 5.65. The molecular formula is C16H18ClN5S2. The van der Waals surface area contributed by atoms with Crippen LogP contribution < -0.4 is 10.6 Å². The molecule has 0 saturated heterocycles. The second kappa shape index (κ2) is 7.92. The number of halogens is 1. The van der Waals surface area contributed by atoms with Gasteiger partial charge in [-0.1, -0.05) is 18.5 Å². The summed E-state index contributed by atoms with van der Waals surface area (Å²) in [5.41, 5.74) is 0.933. The van der Waals surface area contributed by atoms with Gasteiger partial charge in [0.25, 0.3) is 0 Å². The van der Waals surface area contributed by atoms with Crippen LogP contribution in [0.15, 0.2) is 29.4 Å². The molecule has 2 heterocycles. The molecule has 24 heavy (non-hydrogen) atoms. The fourth-order valence-electron chi connectivity index (χ4n) is 2.16. The fraction of sp³-hybridized carbons (Fsp3) is 0.312. The van der Waals surface area contributed by atoms with Crippen LogP contribution >= 0.6 is 34.3 Å². The Labute approximate surface area is 153 Å². The first-order chi connectivity index (χ1) is 11.7. The fourth-order valence-corrected chi connectivity index (χ4v) is 4.01. The van der Waals surface area contributed by atoms with E-state index in [1.54, 1.807) is 29.7 Å². The number of nitrogens with one attached hydrogen (secondary N) is 2. The summed E-state index contributed by atoms with van der Waals surface area (Å²) in [5.74, 6) is 0.737. The molecule has 1 aromatic carbocycles. The number of hydrogen-bond donors (Lipinski definition) is 2. The zero-order chi connectivity index (χ0) is 16.9. The summed E-state index contributed by atoms with van der Waals surface area (Å²) in [7, 11) is 1.76. The monoisotopic (exact) mass is 379 g/mol. The SMILES string of the molecule is CCc1cnc(CNC(=NC)NCc2nc3cc(Cl)ccc3s2)s1. The summed E-state index contributed by atoms with van der Waals surface area (Å²) in [6.07, 6.45) is 2.95. The van der Waals surface area contributed by atoms with Gasteiger partial charge in [-0.15, -0.1) is 22.7 Å². The molecule has 0 bridgehead atoms. The number of aliphatic imine (C=N–C) groups is 1. The van der Waals surface area contributed by atoms with Gasteiger partial charge in [0.2, 0.25) is 0 Å². The van der Waals surface area contributed by atoms with Crippen LogP contribution in [0.3, 0.4) is 0 Å². The first-order valence-corrected chi connectivity index (χ1v) is 9.62. The first kappa shape index (κ1) is 17.1. The predicted molar refractivity (Wildman–Crippen MR) is 103 cm³/mol. The van der Waals surface area contributed by atoms with Crippen LogP contribution in [0.2, 0.25) is 5.02 Å². The van der Waals surface area contributed by atoms with Crippen molar-refractivity contribution < 1.29 is 0 Å². The average molecular weight is 380 g/mol. The molecule has 0 saturated carbocycles. The van der Waals surface area contributed by atoms with Gasteiger partial charge in [0.05, 0.1) is 23.3 Å². The smallest absolute Gasteiger partial charge is 0.191 e. The Bertz CT molecular complexity index is 855. The lowest BCUT2D eigenvalue weighted by Crippen LogP contribution is -2.36. The van der Waals surface area contributed by atoms with Gasteiger partial charge < -0.3 is 10.6 Å². The normalized spacial score (nSPS) is 11.9. The molecule has 0 atom stereocenters. The van der Waals surface area contributed by atoms with Crippen molar-refractivity contribution in [3.63, 3.8) is 0 Å². The topological polar surface area (TPSA) is 62.2 Å². The predicted octanol–water partition coefficient (Wildman–Crippen LogP) is 3.83. The number of nitrogens with zero attached hydrogens (tertiary/aromatic N) is 3. The number of aromatic nitrogens is 2. The molecule has 2 N–H and O–H groups in total. The van der Waals surface area contributed by atoms with E-state index in [-0.39, 0.29) is 0 Å². The molecule has 3 aromatic rings. The van der Waals surface area contributed by atoms with E-state index in [0.717, 1.165) is 32.6 Å². The van der Waals surface area contributed by atoms with Crippen molar-refractivity contribution in [1.82, 2.24) is 20.6 Å². The molecular weight excluding hydrogens is 362 g/mol. The molecule has 2 aromatic heterocycles. The largest absolute Gasteiger partial charge is 0.350 e. The molecule has 0 radical (unpaired) electrons. The van der Waals surface area contributed by atoms with Crippen LogP contribution in [0, 0.1) is 0 Å². The minimum atomic E-state index is 0.620. The summed E-state index contributed by atoms with van der Waals surface area (Å²) >= 11 is 9.38. The number of benzene rings is 1. The molecule has 0 spiro atoms. The lowest BCUT2D eigenvalue weighted by molar-refractivity contribution is 0.802. The van der Waals surface area contributed by atoms with Gasteiger partial charge in [0.15, 0.2) is 5.96 Å². The summed E-state index contributed by atoms with van der Waals surface area (Å²) in [6.45, 7) is 3.42. The number of rotatable bonds is 5. The van der Waals surface area contributed by atoms with E-state index in [0.29, 0.717) is 18.1 Å². The van der Waals surface area contributed by atoms with E-state index >= 15 is 0 Å². The van der Waals surface area contributed by atoms with Crippen molar-refractivity contribution in [3.8, 4) is 0 Å². The second-order valence-electron chi connectivity index (χ2n) is 5.07. The third kappa shape index (κ3) is 4.23. The van der Waals surface area contributed by atoms with Crippen molar-refractivity contribution in [2.75, 3.05) is 7.05 Å². The van der Waals surface area contributed by atoms with Crippen molar-refractivity contribution >= 4 is 50.5 Å². The van der Waals surface area contributed by atoms with Crippen LogP contribution in [0.1, 0.15) is 21.8 Å². The number of thiazole rings is 2. The molecule has 3 rings (SSSR count). The molecule has 0 fully saturated rings. The van der Waals surface area contributed by atoms with Crippen LogP contribution in [-0.4, -0.2) is 23.0 Å². The molecule has 0 amide bonds. The van der Waals surface area contributed by atoms with E-state index in [2.05, 4.69) is 32.5 Å². The highest BCUT2D eigenvalue weighted by molar-refractivity contribution is 7.18. The molecule has 8 heteroatoms. The maximum atomic E-state index is 6.00. The lowest BCUT2D eigenvalue weighted by atomic mass is 10.3. The Morgan fingerprint density at radius 2 is 2.00 bits per heavy atom. The molecule has 126 valence electrons. The van der Waals surface area contributed by atoms with E-state index in [4.69, 9.17) is 11.6 Å². The van der Waals surface area contributed by atoms with Crippen molar-refractivity contribution in [3.05, 3.63) is 44.3 Å². The van der Waals surface area contributed by atoms with Gasteiger partial charge in [-0.05, 0) is 24.6 Å². The molecule has 0 aliphatic carbocycles. The Morgan fingerprint density at radius 1 is 1.21 bits per heavy atom. The van der Waals surface area contributed by atoms with Gasteiger partial charge in [-0.3, -0.25) is 4.99 Å². The minimum Gasteiger partial charge on any atom is -0.350 e. The summed E-state index contributed by atoms with van der Waals surface area (Å²) in [4.78, 5) is 14.5. The highest BCUT2D eigenvalue weighted by Gasteiger charge is 2.06. The van der Waals surface area contributed by atoms with E-state index in [9.17, 15) is 0 Å². The van der Waals surface area contributed by atoms with Crippen LogP contribution in [0.4, 0.5) is 0 Å². The molecule has 0 unspecified atom stereocenters. The quantitative estimate of drug-likeness (QED) is 0.522. The number of aryl methyl sites for hydroxylation is 1. The van der Waals surface area contributed by atoms with Gasteiger partial charge in [-0.25, -0.2) is 9.97 Å². The van der Waals surface area contributed by atoms with Crippen molar-refractivity contribution in [2.45, 2.75) is 26.4 Å². The third-order valence-electron chi connectivity index (χ3n) is 3.38. The number of fused-ring (bicyclic) bond motifs is 1. The van der Waals surface area contributed by atoms with Gasteiger partial charge in [-0.2, -0.15) is 0 Å². The Hall–Kier alpha value is -1.70. The average Bonchev–Trinajstić information content (AvgIpc) is 3.20. The highest BCUT2D eigenvalue weighted by atomic mass is 35.5. The van der Waals surface area contributed by atoms with Crippen LogP contribution in [0.5, 0.6) is 0 Å². The summed E-state index contributed by atoms with van der Waals surface area (Å²) in [5, 5.41) is 9.33. The third-order valence-corrected chi connectivity index (χ3v) is 5.79. The van der Waals surface area contributed by atoms with Gasteiger partial charge >= 0.3 is 0 Å². The van der Waals surface area contributed by atoms with Gasteiger partial charge in [0, 0.05) is 23.1 Å². The van der Waals surface area contributed by atoms with E-state index in [1.807, 2.05) is 24.4 Å². The molecule has 0 aliphatic rings. The number of guanidine groups is 1. The van der Waals surface area contributed by atoms with E-state index < -0.39 is 0 Å². The zero-order valence-electron chi connectivity index (χ0n) is 13.5. The Balaban J connectivity index is 1.56. The maximum Gasteiger partial charge on any atom is 0.191 e. The second-order valence-corrected chi connectivity index (χ2v) is 7.82. The Morgan fingerprint density at radius 3 is 2.71 bits per heavy atom. The van der Waals surface area contributed by atoms with Gasteiger partial charge in [0.1, 0.15) is 10.0 Å². The molecule has 5 nitrogen and oxygen atoms in total. The molecule has 0 aliphatic heterocycles. The number of hydrogen-bond acceptors (Lipinski definition) is 5. The standard InChI is InChI=1S/C16H18ClN5S2/c1-3-11-7-19-14(23-11)8-20-16(18-2)21-9-15-22-12-6-10(17)4-5-13(12)24-15/h4-7H,3,8-9H2,1-2H3,(H2,18,20,21). The maximum absolute atomic E-state index is 6.00. The zero-order valence-corrected chi connectivity index (χ0v) is 15.9. The van der Waals surface area contributed by atoms with E-state index in [1.165, 1.54) is 4.88 Å². The highest BCUT2D eigenvalue weighted by Crippen LogP contribution is 2.24. The summed E-state index contributed by atoms with van der Waals surface area (Å²) < 4.78 is 1.13. The van der Waals surface area contributed by atoms with Crippen molar-refractivity contribution in [2.24, 2.45) is 4.99 Å². The van der Waals surface area contributed by atoms with Crippen molar-refractivity contribution in [1.29, 1.82) is 0 Å².